The zero-order valence-corrected chi connectivity index (χ0v) is 10.1. The third-order valence-corrected chi connectivity index (χ3v) is 2.81. The molecule has 0 aliphatic carbocycles. The van der Waals surface area contributed by atoms with Gasteiger partial charge in [-0.15, -0.1) is 0 Å². The van der Waals surface area contributed by atoms with Crippen LogP contribution in [0.4, 0.5) is 11.5 Å². The minimum absolute atomic E-state index is 0.00981. The lowest BCUT2D eigenvalue weighted by Gasteiger charge is -2.35. The number of nitrogen functional groups attached to an aromatic ring is 1. The van der Waals surface area contributed by atoms with Gasteiger partial charge >= 0.3 is 5.97 Å². The molecule has 6 heteroatoms. The van der Waals surface area contributed by atoms with Crippen molar-refractivity contribution in [1.29, 1.82) is 0 Å². The molecule has 0 radical (unpaired) electrons. The minimum Gasteiger partial charge on any atom is -0.478 e. The van der Waals surface area contributed by atoms with Crippen LogP contribution in [0, 0.1) is 0 Å². The molecule has 94 valence electrons. The molecule has 0 aliphatic heterocycles. The molecule has 17 heavy (non-hydrogen) atoms. The Labute approximate surface area is 99.7 Å². The molecule has 1 rings (SSSR count). The van der Waals surface area contributed by atoms with Crippen LogP contribution in [0.2, 0.25) is 0 Å². The first-order valence-corrected chi connectivity index (χ1v) is 5.13. The zero-order chi connectivity index (χ0) is 13.2. The Morgan fingerprint density at radius 2 is 2.18 bits per heavy atom. The lowest BCUT2D eigenvalue weighted by Crippen LogP contribution is -2.45. The largest absolute Gasteiger partial charge is 0.478 e. The summed E-state index contributed by atoms with van der Waals surface area (Å²) in [5, 5.41) is 18.2. The van der Waals surface area contributed by atoms with Crippen LogP contribution < -0.4 is 10.6 Å². The van der Waals surface area contributed by atoms with E-state index in [1.54, 1.807) is 11.9 Å². The summed E-state index contributed by atoms with van der Waals surface area (Å²) in [6, 6.07) is 1.35. The fourth-order valence-corrected chi connectivity index (χ4v) is 1.31. The highest BCUT2D eigenvalue weighted by Crippen LogP contribution is 2.27. The average molecular weight is 239 g/mol. The maximum Gasteiger partial charge on any atom is 0.337 e. The first kappa shape index (κ1) is 13.2. The quantitative estimate of drug-likeness (QED) is 0.710. The maximum absolute atomic E-state index is 10.9. The van der Waals surface area contributed by atoms with E-state index in [2.05, 4.69) is 4.98 Å². The van der Waals surface area contributed by atoms with E-state index < -0.39 is 11.5 Å². The number of aromatic nitrogens is 1. The number of aliphatic hydroxyl groups is 1. The molecule has 0 saturated carbocycles. The molecule has 0 unspecified atom stereocenters. The number of carboxylic acid groups (broad SMARTS) is 1. The lowest BCUT2D eigenvalue weighted by atomic mass is 10.0. The molecule has 6 nitrogen and oxygen atoms in total. The van der Waals surface area contributed by atoms with Crippen molar-refractivity contribution in [3.05, 3.63) is 17.8 Å². The third-order valence-electron chi connectivity index (χ3n) is 2.81. The molecule has 1 heterocycles. The summed E-state index contributed by atoms with van der Waals surface area (Å²) in [6.45, 7) is 3.52. The highest BCUT2D eigenvalue weighted by atomic mass is 16.4. The summed E-state index contributed by atoms with van der Waals surface area (Å²) in [7, 11) is 1.71. The summed E-state index contributed by atoms with van der Waals surface area (Å²) >= 11 is 0. The Hall–Kier alpha value is -1.82. The highest BCUT2D eigenvalue weighted by molar-refractivity contribution is 5.96. The van der Waals surface area contributed by atoms with E-state index in [-0.39, 0.29) is 17.9 Å². The summed E-state index contributed by atoms with van der Waals surface area (Å²) in [5.41, 5.74) is 5.31. The van der Waals surface area contributed by atoms with Gasteiger partial charge in [-0.25, -0.2) is 9.78 Å². The molecule has 0 saturated heterocycles. The molecular formula is C11H17N3O3. The van der Waals surface area contributed by atoms with E-state index in [1.807, 2.05) is 13.8 Å². The number of likely N-dealkylation sites (N-methyl/N-ethyl adjacent to an activating group) is 1. The number of hydrogen-bond acceptors (Lipinski definition) is 5. The van der Waals surface area contributed by atoms with Crippen molar-refractivity contribution in [2.24, 2.45) is 0 Å². The van der Waals surface area contributed by atoms with E-state index in [1.165, 1.54) is 12.3 Å². The summed E-state index contributed by atoms with van der Waals surface area (Å²) < 4.78 is 0. The van der Waals surface area contributed by atoms with Gasteiger partial charge in [-0.2, -0.15) is 0 Å². The molecule has 0 bridgehead atoms. The fraction of sp³-hybridized carbons (Fsp3) is 0.455. The average Bonchev–Trinajstić information content (AvgIpc) is 2.28. The molecule has 4 N–H and O–H groups in total. The number of anilines is 2. The van der Waals surface area contributed by atoms with Crippen molar-refractivity contribution in [3.63, 3.8) is 0 Å². The van der Waals surface area contributed by atoms with Crippen LogP contribution in [-0.2, 0) is 0 Å². The maximum atomic E-state index is 10.9. The normalized spacial score (nSPS) is 11.3. The van der Waals surface area contributed by atoms with Crippen LogP contribution in [0.15, 0.2) is 12.3 Å². The lowest BCUT2D eigenvalue weighted by molar-refractivity contribution is 0.0698. The number of nitrogens with two attached hydrogens (primary N) is 1. The van der Waals surface area contributed by atoms with Crippen molar-refractivity contribution in [3.8, 4) is 0 Å². The molecule has 0 aromatic carbocycles. The van der Waals surface area contributed by atoms with Gasteiger partial charge in [0.05, 0.1) is 23.4 Å². The van der Waals surface area contributed by atoms with Crippen molar-refractivity contribution in [1.82, 2.24) is 4.98 Å². The van der Waals surface area contributed by atoms with E-state index >= 15 is 0 Å². The summed E-state index contributed by atoms with van der Waals surface area (Å²) in [4.78, 5) is 16.7. The Bertz CT molecular complexity index is 432. The number of aliphatic hydroxyl groups excluding tert-OH is 1. The highest BCUT2D eigenvalue weighted by Gasteiger charge is 2.26. The van der Waals surface area contributed by atoms with Crippen LogP contribution in [0.25, 0.3) is 0 Å². The van der Waals surface area contributed by atoms with Gasteiger partial charge in [-0.3, -0.25) is 0 Å². The molecule has 0 aliphatic rings. The number of pyridine rings is 1. The van der Waals surface area contributed by atoms with Gasteiger partial charge < -0.3 is 20.8 Å². The number of hydrogen-bond donors (Lipinski definition) is 3. The second kappa shape index (κ2) is 4.58. The van der Waals surface area contributed by atoms with Crippen LogP contribution in [0.3, 0.4) is 0 Å². The number of nitrogens with zero attached hydrogens (tertiary/aromatic N) is 2. The van der Waals surface area contributed by atoms with Crippen molar-refractivity contribution < 1.29 is 15.0 Å². The van der Waals surface area contributed by atoms with Gasteiger partial charge in [0.15, 0.2) is 5.82 Å². The predicted molar refractivity (Wildman–Crippen MR) is 65.2 cm³/mol. The van der Waals surface area contributed by atoms with Crippen LogP contribution in [-0.4, -0.2) is 40.4 Å². The molecule has 0 amide bonds. The Kier molecular flexibility index (Phi) is 3.57. The monoisotopic (exact) mass is 239 g/mol. The first-order valence-electron chi connectivity index (χ1n) is 5.13. The third kappa shape index (κ3) is 2.47. The Balaban J connectivity index is 3.24. The smallest absolute Gasteiger partial charge is 0.337 e. The van der Waals surface area contributed by atoms with Gasteiger partial charge in [-0.05, 0) is 19.9 Å². The number of rotatable bonds is 4. The van der Waals surface area contributed by atoms with Gasteiger partial charge in [-0.1, -0.05) is 0 Å². The van der Waals surface area contributed by atoms with Crippen LogP contribution in [0.5, 0.6) is 0 Å². The molecular weight excluding hydrogens is 222 g/mol. The molecule has 1 aromatic heterocycles. The second-order valence-electron chi connectivity index (χ2n) is 4.43. The topological polar surface area (TPSA) is 99.7 Å². The molecule has 0 atom stereocenters. The molecule has 1 aromatic rings. The number of carboxylic acids is 1. The predicted octanol–water partition coefficient (Wildman–Crippen LogP) is 0.569. The van der Waals surface area contributed by atoms with E-state index in [0.717, 1.165) is 0 Å². The standard InChI is InChI=1S/C11H17N3O3/c1-11(2,6-15)14(3)9-8(12)7(10(16)17)4-5-13-9/h4-5,15H,6,12H2,1-3H3,(H,16,17). The van der Waals surface area contributed by atoms with Gasteiger partial charge in [0.2, 0.25) is 0 Å². The van der Waals surface area contributed by atoms with Crippen molar-refractivity contribution >= 4 is 17.5 Å². The van der Waals surface area contributed by atoms with Gasteiger partial charge in [0.25, 0.3) is 0 Å². The Morgan fingerprint density at radius 3 is 2.65 bits per heavy atom. The van der Waals surface area contributed by atoms with E-state index in [4.69, 9.17) is 10.8 Å². The minimum atomic E-state index is -1.10. The van der Waals surface area contributed by atoms with Crippen molar-refractivity contribution in [2.45, 2.75) is 19.4 Å². The van der Waals surface area contributed by atoms with E-state index in [0.29, 0.717) is 5.82 Å². The number of aromatic carboxylic acids is 1. The number of carbonyl (C=O) groups is 1. The van der Waals surface area contributed by atoms with Crippen LogP contribution >= 0.6 is 0 Å². The molecule has 0 spiro atoms. The van der Waals surface area contributed by atoms with Gasteiger partial charge in [0.1, 0.15) is 0 Å². The molecule has 0 fully saturated rings. The second-order valence-corrected chi connectivity index (χ2v) is 4.43. The van der Waals surface area contributed by atoms with Gasteiger partial charge in [0, 0.05) is 13.2 Å². The Morgan fingerprint density at radius 1 is 1.59 bits per heavy atom. The fourth-order valence-electron chi connectivity index (χ4n) is 1.31. The summed E-state index contributed by atoms with van der Waals surface area (Å²) in [6.07, 6.45) is 1.39. The summed E-state index contributed by atoms with van der Waals surface area (Å²) in [5.74, 6) is -0.745. The SMILES string of the molecule is CN(c1nccc(C(=O)O)c1N)C(C)(C)CO. The van der Waals surface area contributed by atoms with Crippen LogP contribution in [0.1, 0.15) is 24.2 Å². The zero-order valence-electron chi connectivity index (χ0n) is 10.1. The van der Waals surface area contributed by atoms with Crippen molar-refractivity contribution in [2.75, 3.05) is 24.3 Å². The van der Waals surface area contributed by atoms with E-state index in [9.17, 15) is 9.90 Å². The first-order chi connectivity index (χ1) is 7.81.